The van der Waals surface area contributed by atoms with E-state index in [1.54, 1.807) is 23.1 Å². The molecule has 0 radical (unpaired) electrons. The van der Waals surface area contributed by atoms with Gasteiger partial charge < -0.3 is 9.42 Å². The summed E-state index contributed by atoms with van der Waals surface area (Å²) in [6, 6.07) is 14.2. The van der Waals surface area contributed by atoms with E-state index in [1.165, 1.54) is 11.6 Å². The van der Waals surface area contributed by atoms with Gasteiger partial charge in [-0.2, -0.15) is 4.98 Å². The Morgan fingerprint density at radius 3 is 2.64 bits per heavy atom. The SMILES string of the molecule is CC(C)c1ccc(-c2noc(C3CCC(=O)N3Cc3ccccc3F)n2)cc1. The van der Waals surface area contributed by atoms with Gasteiger partial charge in [-0.05, 0) is 24.0 Å². The van der Waals surface area contributed by atoms with Crippen LogP contribution in [0, 0.1) is 5.82 Å². The third-order valence-corrected chi connectivity index (χ3v) is 5.19. The zero-order valence-corrected chi connectivity index (χ0v) is 15.9. The molecule has 1 saturated heterocycles. The topological polar surface area (TPSA) is 59.2 Å². The van der Waals surface area contributed by atoms with Gasteiger partial charge in [-0.3, -0.25) is 4.79 Å². The second-order valence-corrected chi connectivity index (χ2v) is 7.40. The highest BCUT2D eigenvalue weighted by Crippen LogP contribution is 2.34. The summed E-state index contributed by atoms with van der Waals surface area (Å²) in [4.78, 5) is 18.5. The third-order valence-electron chi connectivity index (χ3n) is 5.19. The van der Waals surface area contributed by atoms with Crippen LogP contribution in [0.2, 0.25) is 0 Å². The van der Waals surface area contributed by atoms with Gasteiger partial charge in [-0.15, -0.1) is 0 Å². The van der Waals surface area contributed by atoms with Crippen LogP contribution in [0.4, 0.5) is 4.39 Å². The van der Waals surface area contributed by atoms with Gasteiger partial charge in [0.25, 0.3) is 0 Å². The number of hydrogen-bond acceptors (Lipinski definition) is 4. The maximum Gasteiger partial charge on any atom is 0.249 e. The van der Waals surface area contributed by atoms with Gasteiger partial charge >= 0.3 is 0 Å². The van der Waals surface area contributed by atoms with Crippen molar-refractivity contribution < 1.29 is 13.7 Å². The second kappa shape index (κ2) is 7.54. The van der Waals surface area contributed by atoms with E-state index in [1.807, 2.05) is 12.1 Å². The van der Waals surface area contributed by atoms with Gasteiger partial charge in [0.05, 0.1) is 0 Å². The van der Waals surface area contributed by atoms with Crippen LogP contribution >= 0.6 is 0 Å². The Labute approximate surface area is 163 Å². The normalized spacial score (nSPS) is 16.9. The van der Waals surface area contributed by atoms with Crippen LogP contribution in [0.25, 0.3) is 11.4 Å². The summed E-state index contributed by atoms with van der Waals surface area (Å²) in [5.74, 6) is 0.985. The summed E-state index contributed by atoms with van der Waals surface area (Å²) >= 11 is 0. The number of nitrogens with zero attached hydrogens (tertiary/aromatic N) is 3. The van der Waals surface area contributed by atoms with E-state index in [-0.39, 0.29) is 24.3 Å². The lowest BCUT2D eigenvalue weighted by molar-refractivity contribution is -0.130. The van der Waals surface area contributed by atoms with Crippen LogP contribution in [0.3, 0.4) is 0 Å². The van der Waals surface area contributed by atoms with Crippen LogP contribution in [-0.2, 0) is 11.3 Å². The molecule has 1 unspecified atom stereocenters. The lowest BCUT2D eigenvalue weighted by Gasteiger charge is -2.22. The summed E-state index contributed by atoms with van der Waals surface area (Å²) in [6.45, 7) is 4.47. The van der Waals surface area contributed by atoms with Crippen LogP contribution in [0.1, 0.15) is 55.7 Å². The number of hydrogen-bond donors (Lipinski definition) is 0. The zero-order valence-electron chi connectivity index (χ0n) is 15.9. The van der Waals surface area contributed by atoms with Gasteiger partial charge in [0.2, 0.25) is 17.6 Å². The van der Waals surface area contributed by atoms with Crippen LogP contribution in [0.5, 0.6) is 0 Å². The molecule has 1 aliphatic rings. The Bertz CT molecular complexity index is 981. The second-order valence-electron chi connectivity index (χ2n) is 7.40. The molecule has 5 nitrogen and oxygen atoms in total. The molecule has 0 aliphatic carbocycles. The monoisotopic (exact) mass is 379 g/mol. The first-order valence-corrected chi connectivity index (χ1v) is 9.49. The number of halogens is 1. The standard InChI is InChI=1S/C22H22FN3O2/c1-14(2)15-7-9-16(10-8-15)21-24-22(28-25-21)19-11-12-20(27)26(19)13-17-5-3-4-6-18(17)23/h3-10,14,19H,11-13H2,1-2H3. The molecule has 6 heteroatoms. The first kappa shape index (κ1) is 18.3. The van der Waals surface area contributed by atoms with Gasteiger partial charge in [0.15, 0.2) is 0 Å². The minimum Gasteiger partial charge on any atom is -0.337 e. The molecular weight excluding hydrogens is 357 g/mol. The van der Waals surface area contributed by atoms with Crippen molar-refractivity contribution in [3.63, 3.8) is 0 Å². The first-order valence-electron chi connectivity index (χ1n) is 9.49. The van der Waals surface area contributed by atoms with E-state index in [0.29, 0.717) is 36.0 Å². The van der Waals surface area contributed by atoms with E-state index < -0.39 is 0 Å². The van der Waals surface area contributed by atoms with Crippen molar-refractivity contribution >= 4 is 5.91 Å². The van der Waals surface area contributed by atoms with Gasteiger partial charge in [-0.1, -0.05) is 61.5 Å². The predicted octanol–water partition coefficient (Wildman–Crippen LogP) is 4.86. The van der Waals surface area contributed by atoms with Crippen molar-refractivity contribution in [1.29, 1.82) is 0 Å². The van der Waals surface area contributed by atoms with Crippen molar-refractivity contribution in [3.8, 4) is 11.4 Å². The maximum atomic E-state index is 14.0. The summed E-state index contributed by atoms with van der Waals surface area (Å²) in [5, 5.41) is 4.09. The Balaban J connectivity index is 1.56. The van der Waals surface area contributed by atoms with Gasteiger partial charge in [-0.25, -0.2) is 4.39 Å². The molecule has 1 amide bonds. The summed E-state index contributed by atoms with van der Waals surface area (Å²) in [7, 11) is 0. The first-order chi connectivity index (χ1) is 13.5. The third kappa shape index (κ3) is 3.54. The molecule has 1 aromatic heterocycles. The molecule has 1 fully saturated rings. The number of amides is 1. The number of carbonyl (C=O) groups is 1. The highest BCUT2D eigenvalue weighted by Gasteiger charge is 2.36. The summed E-state index contributed by atoms with van der Waals surface area (Å²) in [6.07, 6.45) is 0.973. The molecule has 0 N–H and O–H groups in total. The predicted molar refractivity (Wildman–Crippen MR) is 103 cm³/mol. The van der Waals surface area contributed by atoms with E-state index in [4.69, 9.17) is 4.52 Å². The minimum absolute atomic E-state index is 0.0331. The highest BCUT2D eigenvalue weighted by molar-refractivity contribution is 5.78. The number of aromatic nitrogens is 2. The molecule has 1 atom stereocenters. The molecule has 4 rings (SSSR count). The Hall–Kier alpha value is -3.02. The van der Waals surface area contributed by atoms with Gasteiger partial charge in [0.1, 0.15) is 11.9 Å². The van der Waals surface area contributed by atoms with Crippen molar-refractivity contribution in [3.05, 3.63) is 71.4 Å². The maximum absolute atomic E-state index is 14.0. The molecule has 0 spiro atoms. The van der Waals surface area contributed by atoms with E-state index in [9.17, 15) is 9.18 Å². The molecule has 2 heterocycles. The Kier molecular flexibility index (Phi) is 4.94. The van der Waals surface area contributed by atoms with E-state index in [2.05, 4.69) is 36.1 Å². The van der Waals surface area contributed by atoms with Gasteiger partial charge in [0, 0.05) is 24.1 Å². The largest absolute Gasteiger partial charge is 0.337 e. The lowest BCUT2D eigenvalue weighted by Crippen LogP contribution is -2.27. The fourth-order valence-corrected chi connectivity index (χ4v) is 3.50. The molecular formula is C22H22FN3O2. The smallest absolute Gasteiger partial charge is 0.249 e. The van der Waals surface area contributed by atoms with Crippen molar-refractivity contribution in [2.75, 3.05) is 0 Å². The quantitative estimate of drug-likeness (QED) is 0.635. The average molecular weight is 379 g/mol. The molecule has 0 bridgehead atoms. The lowest BCUT2D eigenvalue weighted by atomic mass is 10.0. The van der Waals surface area contributed by atoms with E-state index >= 15 is 0 Å². The van der Waals surface area contributed by atoms with Crippen LogP contribution in [-0.4, -0.2) is 20.9 Å². The van der Waals surface area contributed by atoms with Crippen LogP contribution in [0.15, 0.2) is 53.1 Å². The van der Waals surface area contributed by atoms with E-state index in [0.717, 1.165) is 5.56 Å². The Morgan fingerprint density at radius 2 is 1.93 bits per heavy atom. The number of rotatable bonds is 5. The highest BCUT2D eigenvalue weighted by atomic mass is 19.1. The van der Waals surface area contributed by atoms with Crippen LogP contribution < -0.4 is 0 Å². The fraction of sp³-hybridized carbons (Fsp3) is 0.318. The summed E-state index contributed by atoms with van der Waals surface area (Å²) < 4.78 is 19.5. The number of likely N-dealkylation sites (tertiary alicyclic amines) is 1. The minimum atomic E-state index is -0.330. The number of benzene rings is 2. The fourth-order valence-electron chi connectivity index (χ4n) is 3.50. The molecule has 3 aromatic rings. The molecule has 144 valence electrons. The molecule has 1 aliphatic heterocycles. The van der Waals surface area contributed by atoms with Crippen molar-refractivity contribution in [2.24, 2.45) is 0 Å². The summed E-state index contributed by atoms with van der Waals surface area (Å²) in [5.41, 5.74) is 2.58. The average Bonchev–Trinajstić information content (AvgIpc) is 3.31. The molecule has 2 aromatic carbocycles. The molecule has 0 saturated carbocycles. The van der Waals surface area contributed by atoms with Crippen molar-refractivity contribution in [2.45, 2.75) is 45.2 Å². The molecule has 28 heavy (non-hydrogen) atoms. The zero-order chi connectivity index (χ0) is 19.7. The number of carbonyl (C=O) groups excluding carboxylic acids is 1. The van der Waals surface area contributed by atoms with Crippen molar-refractivity contribution in [1.82, 2.24) is 15.0 Å². The Morgan fingerprint density at radius 1 is 1.18 bits per heavy atom.